The van der Waals surface area contributed by atoms with Crippen molar-refractivity contribution in [2.75, 3.05) is 4.90 Å². The second kappa shape index (κ2) is 12.3. The van der Waals surface area contributed by atoms with Crippen molar-refractivity contribution in [2.24, 2.45) is 0 Å². The highest BCUT2D eigenvalue weighted by Gasteiger charge is 2.51. The van der Waals surface area contributed by atoms with Crippen molar-refractivity contribution in [3.63, 3.8) is 0 Å². The molecule has 0 atom stereocenters. The maximum Gasteiger partial charge on any atom is 0.159 e. The maximum absolute atomic E-state index is 16.9. The minimum Gasteiger partial charge on any atom is -0.454 e. The predicted molar refractivity (Wildman–Crippen MR) is 254 cm³/mol. The van der Waals surface area contributed by atoms with E-state index in [0.29, 0.717) is 5.69 Å². The third kappa shape index (κ3) is 4.50. The lowest BCUT2D eigenvalue weighted by Crippen LogP contribution is -2.32. The van der Waals surface area contributed by atoms with Crippen molar-refractivity contribution in [3.8, 4) is 22.3 Å². The number of thiophene rings is 1. The summed E-state index contributed by atoms with van der Waals surface area (Å²) in [6, 6.07) is 62.5. The first-order valence-electron chi connectivity index (χ1n) is 21.0. The molecular weight excluding hydrogens is 766 g/mol. The molecule has 0 amide bonds. The number of benzene rings is 9. The van der Waals surface area contributed by atoms with Crippen LogP contribution >= 0.6 is 11.3 Å². The molecule has 0 fully saturated rings. The van der Waals surface area contributed by atoms with Crippen LogP contribution in [0, 0.1) is 5.82 Å². The first-order chi connectivity index (χ1) is 29.8. The van der Waals surface area contributed by atoms with Crippen LogP contribution in [0.1, 0.15) is 48.6 Å². The summed E-state index contributed by atoms with van der Waals surface area (Å²) in [6.45, 7) is 6.96. The molecule has 2 aliphatic rings. The Bertz CT molecular complexity index is 3630. The monoisotopic (exact) mass is 803 g/mol. The summed E-state index contributed by atoms with van der Waals surface area (Å²) in [5.41, 5.74) is 14.2. The largest absolute Gasteiger partial charge is 0.454 e. The fraction of sp³-hybridized carbons (Fsp3) is 0.0877. The number of halogens is 1. The maximum atomic E-state index is 16.9. The van der Waals surface area contributed by atoms with Gasteiger partial charge in [-0.25, -0.2) is 4.39 Å². The second-order valence-electron chi connectivity index (χ2n) is 17.6. The number of furan rings is 1. The van der Waals surface area contributed by atoms with Crippen molar-refractivity contribution in [3.05, 3.63) is 210 Å². The molecular formula is C57H38FNOS. The molecule has 13 rings (SSSR count). The van der Waals surface area contributed by atoms with Crippen LogP contribution in [-0.4, -0.2) is 0 Å². The molecule has 9 aromatic carbocycles. The van der Waals surface area contributed by atoms with E-state index in [1.165, 1.54) is 76.3 Å². The van der Waals surface area contributed by atoms with Crippen LogP contribution in [0.15, 0.2) is 180 Å². The number of para-hydroxylation sites is 3. The molecule has 0 saturated heterocycles. The molecule has 1 spiro atoms. The second-order valence-corrected chi connectivity index (χ2v) is 18.7. The summed E-state index contributed by atoms with van der Waals surface area (Å²) in [5.74, 6) is -0.307. The third-order valence-electron chi connectivity index (χ3n) is 13.5. The average molecular weight is 804 g/mol. The van der Waals surface area contributed by atoms with E-state index >= 15 is 4.39 Å². The highest BCUT2D eigenvalue weighted by molar-refractivity contribution is 7.26. The van der Waals surface area contributed by atoms with Gasteiger partial charge in [-0.05, 0) is 103 Å². The van der Waals surface area contributed by atoms with E-state index in [2.05, 4.69) is 159 Å². The van der Waals surface area contributed by atoms with Gasteiger partial charge < -0.3 is 9.32 Å². The van der Waals surface area contributed by atoms with Gasteiger partial charge in [0.25, 0.3) is 0 Å². The van der Waals surface area contributed by atoms with E-state index in [9.17, 15) is 0 Å². The number of hydrogen-bond donors (Lipinski definition) is 0. The highest BCUT2D eigenvalue weighted by atomic mass is 32.1. The predicted octanol–water partition coefficient (Wildman–Crippen LogP) is 16.4. The Morgan fingerprint density at radius 3 is 1.92 bits per heavy atom. The van der Waals surface area contributed by atoms with Crippen molar-refractivity contribution >= 4 is 81.3 Å². The van der Waals surface area contributed by atoms with Gasteiger partial charge in [0.1, 0.15) is 11.4 Å². The van der Waals surface area contributed by atoms with Crippen LogP contribution in [-0.2, 0) is 10.8 Å². The zero-order valence-electron chi connectivity index (χ0n) is 33.9. The van der Waals surface area contributed by atoms with E-state index in [0.717, 1.165) is 38.0 Å². The van der Waals surface area contributed by atoms with Crippen LogP contribution in [0.2, 0.25) is 0 Å². The number of rotatable bonds is 3. The average Bonchev–Trinajstić information content (AvgIpc) is 3.95. The van der Waals surface area contributed by atoms with Gasteiger partial charge in [0.05, 0.1) is 27.2 Å². The van der Waals surface area contributed by atoms with Gasteiger partial charge >= 0.3 is 0 Å². The lowest BCUT2D eigenvalue weighted by Gasteiger charge is -2.42. The van der Waals surface area contributed by atoms with E-state index in [1.807, 2.05) is 30.3 Å². The zero-order chi connectivity index (χ0) is 40.8. The SMILES string of the molecule is CC(C)(C)c1ccc2c3c(cccc13)C1(c3ccccc3-c3ccccc31)c1cc(N(c3ccccc3F)c3cccc4c3oc3ccccc34)c3sc4ccccc4c3c1-2. The van der Waals surface area contributed by atoms with E-state index in [4.69, 9.17) is 4.42 Å². The number of anilines is 3. The molecule has 2 aliphatic carbocycles. The molecule has 0 radical (unpaired) electrons. The van der Waals surface area contributed by atoms with Gasteiger partial charge in [0.15, 0.2) is 5.58 Å². The Labute approximate surface area is 356 Å². The summed E-state index contributed by atoms with van der Waals surface area (Å²) in [6.07, 6.45) is 0. The molecule has 4 heteroatoms. The van der Waals surface area contributed by atoms with Crippen LogP contribution in [0.3, 0.4) is 0 Å². The van der Waals surface area contributed by atoms with E-state index in [-0.39, 0.29) is 11.2 Å². The van der Waals surface area contributed by atoms with Crippen LogP contribution in [0.5, 0.6) is 0 Å². The Morgan fingerprint density at radius 1 is 0.508 bits per heavy atom. The first kappa shape index (κ1) is 34.8. The zero-order valence-corrected chi connectivity index (χ0v) is 34.7. The fourth-order valence-electron chi connectivity index (χ4n) is 11.1. The van der Waals surface area contributed by atoms with Gasteiger partial charge in [-0.2, -0.15) is 0 Å². The smallest absolute Gasteiger partial charge is 0.159 e. The molecule has 2 heterocycles. The minimum atomic E-state index is -0.691. The number of nitrogens with zero attached hydrogens (tertiary/aromatic N) is 1. The van der Waals surface area contributed by atoms with Gasteiger partial charge in [-0.3, -0.25) is 0 Å². The van der Waals surface area contributed by atoms with Crippen LogP contribution < -0.4 is 4.90 Å². The Balaban J connectivity index is 1.28. The molecule has 2 nitrogen and oxygen atoms in total. The van der Waals surface area contributed by atoms with E-state index < -0.39 is 5.41 Å². The lowest BCUT2D eigenvalue weighted by atomic mass is 9.60. The summed E-state index contributed by atoms with van der Waals surface area (Å²) in [5, 5.41) is 6.99. The quantitative estimate of drug-likeness (QED) is 0.177. The fourth-order valence-corrected chi connectivity index (χ4v) is 12.3. The Morgan fingerprint density at radius 2 is 1.13 bits per heavy atom. The molecule has 290 valence electrons. The molecule has 0 bridgehead atoms. The Kier molecular flexibility index (Phi) is 7.01. The van der Waals surface area contributed by atoms with Crippen molar-refractivity contribution in [2.45, 2.75) is 31.6 Å². The molecule has 11 aromatic rings. The van der Waals surface area contributed by atoms with Gasteiger partial charge in [0, 0.05) is 26.2 Å². The van der Waals surface area contributed by atoms with E-state index in [1.54, 1.807) is 23.5 Å². The third-order valence-corrected chi connectivity index (χ3v) is 14.7. The molecule has 0 N–H and O–H groups in total. The first-order valence-corrected chi connectivity index (χ1v) is 21.9. The van der Waals surface area contributed by atoms with Crippen LogP contribution in [0.4, 0.5) is 21.5 Å². The van der Waals surface area contributed by atoms with Gasteiger partial charge in [-0.15, -0.1) is 11.3 Å². The number of hydrogen-bond acceptors (Lipinski definition) is 3. The summed E-state index contributed by atoms with van der Waals surface area (Å²) in [7, 11) is 0. The van der Waals surface area contributed by atoms with Gasteiger partial charge in [0.2, 0.25) is 0 Å². The van der Waals surface area contributed by atoms with Crippen molar-refractivity contribution in [1.82, 2.24) is 0 Å². The molecule has 0 unspecified atom stereocenters. The lowest BCUT2D eigenvalue weighted by molar-refractivity contribution is 0.596. The topological polar surface area (TPSA) is 16.4 Å². The standard InChI is InChI=1S/C57H38FNOS/c1-56(2,3)40-31-30-39-51-37(40)21-14-24-43(51)57(41-22-8-4-16-33(41)34-17-5-9-23-42(34)57)44-32-48(55-53(52(39)44)38-19-7-13-29-50(38)61-55)59(46-26-11-10-25-45(46)58)47-27-15-20-36-35-18-6-12-28-49(35)60-54(36)47/h4-32H,1-3H3. The van der Waals surface area contributed by atoms with Crippen molar-refractivity contribution in [1.29, 1.82) is 0 Å². The Hall–Kier alpha value is -7.01. The molecule has 2 aromatic heterocycles. The van der Waals surface area contributed by atoms with Crippen molar-refractivity contribution < 1.29 is 8.81 Å². The normalized spacial score (nSPS) is 13.7. The summed E-state index contributed by atoms with van der Waals surface area (Å²) >= 11 is 1.78. The minimum absolute atomic E-state index is 0.0811. The van der Waals surface area contributed by atoms with Crippen LogP contribution in [0.25, 0.3) is 75.1 Å². The molecule has 61 heavy (non-hydrogen) atoms. The highest BCUT2D eigenvalue weighted by Crippen LogP contribution is 2.65. The number of fused-ring (bicyclic) bond motifs is 16. The summed E-state index contributed by atoms with van der Waals surface area (Å²) < 4.78 is 25.9. The molecule has 0 aliphatic heterocycles. The molecule has 0 saturated carbocycles. The summed E-state index contributed by atoms with van der Waals surface area (Å²) in [4.78, 5) is 2.14. The van der Waals surface area contributed by atoms with Gasteiger partial charge in [-0.1, -0.05) is 160 Å².